The highest BCUT2D eigenvalue weighted by molar-refractivity contribution is 5.80. The van der Waals surface area contributed by atoms with Crippen molar-refractivity contribution in [1.82, 2.24) is 5.32 Å². The molecule has 0 radical (unpaired) electrons. The van der Waals surface area contributed by atoms with Gasteiger partial charge in [-0.2, -0.15) is 0 Å². The van der Waals surface area contributed by atoms with Gasteiger partial charge in [0, 0.05) is 0 Å². The van der Waals surface area contributed by atoms with E-state index in [1.54, 1.807) is 0 Å². The predicted octanol–water partition coefficient (Wildman–Crippen LogP) is 1.72. The van der Waals surface area contributed by atoms with Crippen LogP contribution in [0.25, 0.3) is 0 Å². The van der Waals surface area contributed by atoms with E-state index in [4.69, 9.17) is 4.74 Å². The van der Waals surface area contributed by atoms with Gasteiger partial charge in [-0.25, -0.2) is 0 Å². The number of hydrogen-bond acceptors (Lipinski definition) is 3. The Morgan fingerprint density at radius 1 is 1.38 bits per heavy atom. The Kier molecular flexibility index (Phi) is 5.71. The number of hydrogen-bond donors (Lipinski definition) is 1. The van der Waals surface area contributed by atoms with Crippen molar-refractivity contribution in [2.45, 2.75) is 45.6 Å². The third-order valence-corrected chi connectivity index (χ3v) is 2.43. The van der Waals surface area contributed by atoms with Crippen LogP contribution in [0.1, 0.15) is 40.0 Å². The first-order valence-electron chi connectivity index (χ1n) is 5.03. The van der Waals surface area contributed by atoms with Crippen molar-refractivity contribution in [2.75, 3.05) is 13.7 Å². The fraction of sp³-hybridized carbons (Fsp3) is 0.900. The first-order chi connectivity index (χ1) is 6.16. The zero-order valence-corrected chi connectivity index (χ0v) is 9.14. The zero-order valence-electron chi connectivity index (χ0n) is 9.14. The van der Waals surface area contributed by atoms with Crippen molar-refractivity contribution in [3.63, 3.8) is 0 Å². The third-order valence-electron chi connectivity index (χ3n) is 2.43. The molecule has 3 heteroatoms. The molecule has 3 nitrogen and oxygen atoms in total. The summed E-state index contributed by atoms with van der Waals surface area (Å²) in [6, 6.07) is 0. The molecule has 0 saturated carbocycles. The van der Waals surface area contributed by atoms with Gasteiger partial charge in [0.15, 0.2) is 0 Å². The van der Waals surface area contributed by atoms with Crippen molar-refractivity contribution in [3.8, 4) is 0 Å². The minimum absolute atomic E-state index is 0.123. The van der Waals surface area contributed by atoms with E-state index in [9.17, 15) is 4.79 Å². The molecule has 0 amide bonds. The van der Waals surface area contributed by atoms with E-state index in [2.05, 4.69) is 12.2 Å². The molecular formula is C10H21NO2. The van der Waals surface area contributed by atoms with Gasteiger partial charge in [-0.05, 0) is 26.8 Å². The monoisotopic (exact) mass is 187 g/mol. The van der Waals surface area contributed by atoms with Crippen LogP contribution in [0.15, 0.2) is 0 Å². The number of ether oxygens (including phenoxy) is 1. The summed E-state index contributed by atoms with van der Waals surface area (Å²) in [5, 5.41) is 3.08. The Morgan fingerprint density at radius 2 is 2.00 bits per heavy atom. The van der Waals surface area contributed by atoms with Crippen molar-refractivity contribution < 1.29 is 9.53 Å². The normalized spacial score (nSPS) is 15.1. The zero-order chi connectivity index (χ0) is 10.3. The first kappa shape index (κ1) is 12.4. The van der Waals surface area contributed by atoms with Gasteiger partial charge in [-0.3, -0.25) is 4.79 Å². The van der Waals surface area contributed by atoms with Crippen molar-refractivity contribution in [3.05, 3.63) is 0 Å². The Bertz CT molecular complexity index is 153. The molecular weight excluding hydrogens is 166 g/mol. The smallest absolute Gasteiger partial charge is 0.326 e. The molecule has 0 saturated heterocycles. The van der Waals surface area contributed by atoms with Crippen LogP contribution in [0.2, 0.25) is 0 Å². The standard InChI is InChI=1S/C10H21NO2/c1-5-8-10(6-2,11-4)9(12)13-7-3/h11H,5-8H2,1-4H3. The van der Waals surface area contributed by atoms with Gasteiger partial charge >= 0.3 is 5.97 Å². The van der Waals surface area contributed by atoms with Gasteiger partial charge in [0.1, 0.15) is 5.54 Å². The van der Waals surface area contributed by atoms with Crippen LogP contribution in [-0.2, 0) is 9.53 Å². The van der Waals surface area contributed by atoms with E-state index in [0.29, 0.717) is 6.61 Å². The van der Waals surface area contributed by atoms with Gasteiger partial charge in [0.05, 0.1) is 6.61 Å². The van der Waals surface area contributed by atoms with E-state index < -0.39 is 5.54 Å². The van der Waals surface area contributed by atoms with Crippen LogP contribution >= 0.6 is 0 Å². The molecule has 1 N–H and O–H groups in total. The number of rotatable bonds is 6. The average molecular weight is 187 g/mol. The van der Waals surface area contributed by atoms with Gasteiger partial charge in [-0.15, -0.1) is 0 Å². The largest absolute Gasteiger partial charge is 0.465 e. The molecule has 0 heterocycles. The molecule has 1 atom stereocenters. The Labute approximate surface area is 80.8 Å². The molecule has 0 fully saturated rings. The van der Waals surface area contributed by atoms with Crippen molar-refractivity contribution in [2.24, 2.45) is 0 Å². The summed E-state index contributed by atoms with van der Waals surface area (Å²) in [6.45, 7) is 6.36. The third kappa shape index (κ3) is 2.99. The van der Waals surface area contributed by atoms with Gasteiger partial charge in [0.25, 0.3) is 0 Å². The molecule has 0 spiro atoms. The lowest BCUT2D eigenvalue weighted by molar-refractivity contribution is -0.151. The highest BCUT2D eigenvalue weighted by Crippen LogP contribution is 2.18. The number of carbonyl (C=O) groups is 1. The summed E-state index contributed by atoms with van der Waals surface area (Å²) >= 11 is 0. The van der Waals surface area contributed by atoms with E-state index >= 15 is 0 Å². The molecule has 0 aliphatic rings. The fourth-order valence-corrected chi connectivity index (χ4v) is 1.52. The molecule has 0 aromatic rings. The van der Waals surface area contributed by atoms with Gasteiger partial charge < -0.3 is 10.1 Å². The lowest BCUT2D eigenvalue weighted by Crippen LogP contribution is -2.50. The van der Waals surface area contributed by atoms with Crippen LogP contribution in [-0.4, -0.2) is 25.2 Å². The number of nitrogens with one attached hydrogen (secondary N) is 1. The highest BCUT2D eigenvalue weighted by Gasteiger charge is 2.35. The maximum Gasteiger partial charge on any atom is 0.326 e. The SMILES string of the molecule is CCCC(CC)(NC)C(=O)OCC. The first-order valence-corrected chi connectivity index (χ1v) is 5.03. The van der Waals surface area contributed by atoms with Crippen LogP contribution in [0.4, 0.5) is 0 Å². The van der Waals surface area contributed by atoms with E-state index in [1.807, 2.05) is 20.9 Å². The summed E-state index contributed by atoms with van der Waals surface area (Å²) in [7, 11) is 1.82. The van der Waals surface area contributed by atoms with Crippen LogP contribution < -0.4 is 5.32 Å². The van der Waals surface area contributed by atoms with Crippen LogP contribution in [0.5, 0.6) is 0 Å². The average Bonchev–Trinajstić information content (AvgIpc) is 2.14. The lowest BCUT2D eigenvalue weighted by Gasteiger charge is -2.29. The minimum atomic E-state index is -0.468. The van der Waals surface area contributed by atoms with Crippen molar-refractivity contribution in [1.29, 1.82) is 0 Å². The maximum atomic E-state index is 11.6. The number of carbonyl (C=O) groups excluding carboxylic acids is 1. The van der Waals surface area contributed by atoms with Crippen LogP contribution in [0.3, 0.4) is 0 Å². The van der Waals surface area contributed by atoms with Gasteiger partial charge in [0.2, 0.25) is 0 Å². The van der Waals surface area contributed by atoms with E-state index in [-0.39, 0.29) is 5.97 Å². The fourth-order valence-electron chi connectivity index (χ4n) is 1.52. The molecule has 0 aromatic heterocycles. The second-order valence-electron chi connectivity index (χ2n) is 3.16. The van der Waals surface area contributed by atoms with Gasteiger partial charge in [-0.1, -0.05) is 20.3 Å². The Hall–Kier alpha value is -0.570. The van der Waals surface area contributed by atoms with E-state index in [0.717, 1.165) is 19.3 Å². The maximum absolute atomic E-state index is 11.6. The summed E-state index contributed by atoms with van der Waals surface area (Å²) in [5.74, 6) is -0.123. The predicted molar refractivity (Wildman–Crippen MR) is 53.6 cm³/mol. The van der Waals surface area contributed by atoms with Crippen LogP contribution in [0, 0.1) is 0 Å². The Balaban J connectivity index is 4.43. The molecule has 1 unspecified atom stereocenters. The summed E-state index contributed by atoms with van der Waals surface area (Å²) in [4.78, 5) is 11.6. The molecule has 0 aliphatic heterocycles. The topological polar surface area (TPSA) is 38.3 Å². The molecule has 0 rings (SSSR count). The quantitative estimate of drug-likeness (QED) is 0.643. The summed E-state index contributed by atoms with van der Waals surface area (Å²) in [5.41, 5.74) is -0.468. The lowest BCUT2D eigenvalue weighted by atomic mass is 9.91. The summed E-state index contributed by atoms with van der Waals surface area (Å²) in [6.07, 6.45) is 2.59. The van der Waals surface area contributed by atoms with Crippen molar-refractivity contribution >= 4 is 5.97 Å². The van der Waals surface area contributed by atoms with E-state index in [1.165, 1.54) is 0 Å². The number of likely N-dealkylation sites (N-methyl/N-ethyl adjacent to an activating group) is 1. The minimum Gasteiger partial charge on any atom is -0.465 e. The number of esters is 1. The molecule has 0 bridgehead atoms. The second kappa shape index (κ2) is 5.97. The molecule has 78 valence electrons. The molecule has 0 aliphatic carbocycles. The molecule has 0 aromatic carbocycles. The highest BCUT2D eigenvalue weighted by atomic mass is 16.5. The summed E-state index contributed by atoms with van der Waals surface area (Å²) < 4.78 is 5.04. The molecule has 13 heavy (non-hydrogen) atoms. The Morgan fingerprint density at radius 3 is 2.31 bits per heavy atom. The second-order valence-corrected chi connectivity index (χ2v) is 3.16.